The summed E-state index contributed by atoms with van der Waals surface area (Å²) in [4.78, 5) is 93.6. The van der Waals surface area contributed by atoms with E-state index in [9.17, 15) is 28.8 Å². The van der Waals surface area contributed by atoms with Crippen LogP contribution in [0, 0.1) is 29.6 Å². The Morgan fingerprint density at radius 2 is 1.11 bits per heavy atom. The van der Waals surface area contributed by atoms with E-state index in [1.807, 2.05) is 125 Å². The van der Waals surface area contributed by atoms with E-state index in [-0.39, 0.29) is 90.1 Å². The van der Waals surface area contributed by atoms with Gasteiger partial charge < -0.3 is 44.4 Å². The maximum absolute atomic E-state index is 14.8. The van der Waals surface area contributed by atoms with Gasteiger partial charge in [0.25, 0.3) is 11.8 Å². The number of nitrogens with one attached hydrogen (secondary N) is 2. The van der Waals surface area contributed by atoms with Crippen LogP contribution in [-0.2, 0) is 46.2 Å². The number of carbonyl (C=O) groups excluding carboxylic acids is 6. The van der Waals surface area contributed by atoms with Gasteiger partial charge in [0.05, 0.1) is 24.2 Å². The second-order valence-electron chi connectivity index (χ2n) is 23.1. The van der Waals surface area contributed by atoms with Crippen LogP contribution in [0.3, 0.4) is 0 Å². The second-order valence-corrected chi connectivity index (χ2v) is 23.1. The van der Waals surface area contributed by atoms with E-state index in [2.05, 4.69) is 41.8 Å². The van der Waals surface area contributed by atoms with Crippen LogP contribution in [0.25, 0.3) is 11.1 Å². The Kier molecular flexibility index (Phi) is 22.3. The van der Waals surface area contributed by atoms with Crippen molar-refractivity contribution in [2.75, 3.05) is 79.9 Å². The lowest BCUT2D eigenvalue weighted by molar-refractivity contribution is -0.143. The largest absolute Gasteiger partial charge is 0.381 e. The summed E-state index contributed by atoms with van der Waals surface area (Å²) >= 11 is 0. The van der Waals surface area contributed by atoms with Crippen LogP contribution in [0.5, 0.6) is 0 Å². The van der Waals surface area contributed by atoms with Crippen LogP contribution in [0.1, 0.15) is 111 Å². The molecule has 8 rings (SSSR count). The third-order valence-electron chi connectivity index (χ3n) is 18.1. The number of ketones is 1. The Balaban J connectivity index is 0.997. The molecule has 81 heavy (non-hydrogen) atoms. The topological polar surface area (TPSA) is 167 Å². The average Bonchev–Trinajstić information content (AvgIpc) is 4.11. The molecule has 4 heterocycles. The zero-order valence-electron chi connectivity index (χ0n) is 48.8. The van der Waals surface area contributed by atoms with Gasteiger partial charge in [-0.15, -0.1) is 0 Å². The molecular weight excluding hydrogens is 1020 g/mol. The van der Waals surface area contributed by atoms with Crippen molar-refractivity contribution >= 4 is 35.3 Å². The molecule has 2 N–H and O–H groups in total. The lowest BCUT2D eigenvalue weighted by Gasteiger charge is -2.37. The van der Waals surface area contributed by atoms with E-state index in [4.69, 9.17) is 14.2 Å². The van der Waals surface area contributed by atoms with Gasteiger partial charge >= 0.3 is 0 Å². The minimum absolute atomic E-state index is 0.00644. The first-order chi connectivity index (χ1) is 39.3. The summed E-state index contributed by atoms with van der Waals surface area (Å²) in [5.74, 6) is -1.08. The van der Waals surface area contributed by atoms with Crippen LogP contribution >= 0.6 is 0 Å². The van der Waals surface area contributed by atoms with Gasteiger partial charge in [-0.05, 0) is 136 Å². The van der Waals surface area contributed by atoms with Gasteiger partial charge in [-0.25, -0.2) is 0 Å². The van der Waals surface area contributed by atoms with Crippen LogP contribution < -0.4 is 10.6 Å². The molecule has 8 atom stereocenters. The van der Waals surface area contributed by atoms with E-state index in [1.165, 1.54) is 0 Å². The highest BCUT2D eigenvalue weighted by molar-refractivity contribution is 5.96. The zero-order valence-corrected chi connectivity index (χ0v) is 48.8. The normalized spacial score (nSPS) is 21.2. The summed E-state index contributed by atoms with van der Waals surface area (Å²) < 4.78 is 17.4. The van der Waals surface area contributed by atoms with Crippen LogP contribution in [0.4, 0.5) is 0 Å². The Morgan fingerprint density at radius 1 is 0.630 bits per heavy atom. The molecule has 0 aliphatic carbocycles. The summed E-state index contributed by atoms with van der Waals surface area (Å²) in [6.07, 6.45) is 6.02. The van der Waals surface area contributed by atoms with E-state index >= 15 is 0 Å². The molecule has 4 aliphatic rings. The van der Waals surface area contributed by atoms with E-state index in [0.29, 0.717) is 109 Å². The molecule has 5 amide bonds. The van der Waals surface area contributed by atoms with E-state index < -0.39 is 18.0 Å². The molecule has 4 aliphatic heterocycles. The molecule has 4 saturated heterocycles. The maximum atomic E-state index is 14.8. The molecule has 0 unspecified atom stereocenters. The van der Waals surface area contributed by atoms with Gasteiger partial charge in [-0.2, -0.15) is 0 Å². The SMILES string of the molecule is CC[C@@H](C)C(=O)N[C@H](C(=O)N1CC[C@H](OC)[C@H]1CN(CCc1ccccc1)C(=O)c1ccc(-c2ccc(C(=O)N(CCc3ccccc3)C[C@@H]3[C@@H](C)CCN3C(=O)[C@@H](CC(=O)[C@H](C)NC)C3CCOCC3)cc2)cc1)C1CCOCC1. The smallest absolute Gasteiger partial charge is 0.253 e. The first kappa shape index (κ1) is 60.8. The van der Waals surface area contributed by atoms with Crippen molar-refractivity contribution in [1.82, 2.24) is 30.2 Å². The predicted octanol–water partition coefficient (Wildman–Crippen LogP) is 8.14. The Labute approximate surface area is 480 Å². The number of nitrogens with zero attached hydrogens (tertiary/aromatic N) is 4. The summed E-state index contributed by atoms with van der Waals surface area (Å²) in [5.41, 5.74) is 5.00. The fourth-order valence-corrected chi connectivity index (χ4v) is 12.4. The quantitative estimate of drug-likeness (QED) is 0.0662. The van der Waals surface area contributed by atoms with Crippen molar-refractivity contribution in [3.63, 3.8) is 0 Å². The van der Waals surface area contributed by atoms with Crippen LogP contribution in [-0.4, -0.2) is 165 Å². The highest BCUT2D eigenvalue weighted by Crippen LogP contribution is 2.35. The molecule has 15 nitrogen and oxygen atoms in total. The third-order valence-corrected chi connectivity index (χ3v) is 18.1. The van der Waals surface area contributed by atoms with Crippen LogP contribution in [0.15, 0.2) is 109 Å². The van der Waals surface area contributed by atoms with E-state index in [1.54, 1.807) is 14.2 Å². The van der Waals surface area contributed by atoms with Crippen LogP contribution in [0.2, 0.25) is 0 Å². The average molecular weight is 1110 g/mol. The summed E-state index contributed by atoms with van der Waals surface area (Å²) in [7, 11) is 3.42. The molecule has 0 aromatic heterocycles. The molecule has 0 spiro atoms. The molecule has 4 aromatic rings. The van der Waals surface area contributed by atoms with Crippen molar-refractivity contribution in [3.05, 3.63) is 131 Å². The summed E-state index contributed by atoms with van der Waals surface area (Å²) in [6.45, 7) is 12.6. The third kappa shape index (κ3) is 15.6. The van der Waals surface area contributed by atoms with Crippen molar-refractivity contribution in [3.8, 4) is 11.1 Å². The monoisotopic (exact) mass is 1110 g/mol. The number of amides is 5. The van der Waals surface area contributed by atoms with Gasteiger partial charge in [-0.3, -0.25) is 28.8 Å². The predicted molar refractivity (Wildman–Crippen MR) is 314 cm³/mol. The summed E-state index contributed by atoms with van der Waals surface area (Å²) in [6, 6.07) is 33.6. The molecule has 4 aromatic carbocycles. The number of ether oxygens (including phenoxy) is 3. The number of benzene rings is 4. The lowest BCUT2D eigenvalue weighted by atomic mass is 9.80. The van der Waals surface area contributed by atoms with Gasteiger partial charge in [0.15, 0.2) is 0 Å². The second kappa shape index (κ2) is 29.6. The van der Waals surface area contributed by atoms with Crippen molar-refractivity contribution in [1.29, 1.82) is 0 Å². The number of likely N-dealkylation sites (tertiary alicyclic amines) is 2. The van der Waals surface area contributed by atoms with Crippen molar-refractivity contribution in [2.24, 2.45) is 29.6 Å². The molecule has 436 valence electrons. The fourth-order valence-electron chi connectivity index (χ4n) is 12.4. The minimum atomic E-state index is -0.707. The molecule has 0 bridgehead atoms. The lowest BCUT2D eigenvalue weighted by Crippen LogP contribution is -2.58. The number of methoxy groups -OCH3 is 1. The van der Waals surface area contributed by atoms with Gasteiger partial charge in [-0.1, -0.05) is 106 Å². The van der Waals surface area contributed by atoms with Gasteiger partial charge in [0.2, 0.25) is 17.7 Å². The zero-order chi connectivity index (χ0) is 57.4. The minimum Gasteiger partial charge on any atom is -0.381 e. The maximum Gasteiger partial charge on any atom is 0.253 e. The Morgan fingerprint density at radius 3 is 1.60 bits per heavy atom. The highest BCUT2D eigenvalue weighted by atomic mass is 16.5. The number of hydrogen-bond donors (Lipinski definition) is 2. The molecular formula is C66H88N6O9. The number of carbonyl (C=O) groups is 6. The van der Waals surface area contributed by atoms with E-state index in [0.717, 1.165) is 41.5 Å². The van der Waals surface area contributed by atoms with Gasteiger partial charge in [0.1, 0.15) is 11.8 Å². The Bertz CT molecular complexity index is 2680. The standard InChI is InChI=1S/C66H88N6O9/c1-7-45(2)62(74)68-61(53-32-40-81-41-33-53)66(78)72-37-29-60(79-6)58(72)44-70(35-28-49-16-12-9-13-17-49)64(76)55-24-20-51(21-25-55)50-18-22-54(23-19-50)63(75)69(34-27-48-14-10-8-11-15-48)43-57-46(3)26-36-71(57)65(77)56(42-59(73)47(4)67-5)52-30-38-80-39-31-52/h8-25,45-47,52-53,56-58,60-61,67H,7,26-44H2,1-6H3,(H,68,74)/t45-,46+,47+,56+,57-,58-,60+,61+/m1/s1. The summed E-state index contributed by atoms with van der Waals surface area (Å²) in [5, 5.41) is 6.21. The van der Waals surface area contributed by atoms with Crippen molar-refractivity contribution < 1.29 is 43.0 Å². The molecule has 15 heteroatoms. The number of likely N-dealkylation sites (N-methyl/N-ethyl adjacent to an activating group) is 1. The number of hydrogen-bond acceptors (Lipinski definition) is 10. The first-order valence-electron chi connectivity index (χ1n) is 29.9. The number of rotatable bonds is 25. The Hall–Kier alpha value is -6.26. The molecule has 0 radical (unpaired) electrons. The molecule has 4 fully saturated rings. The number of Topliss-reactive ketones (excluding diaryl/α,β-unsaturated/α-hetero) is 1. The van der Waals surface area contributed by atoms with Gasteiger partial charge in [0, 0.05) is 102 Å². The molecule has 0 saturated carbocycles. The highest BCUT2D eigenvalue weighted by Gasteiger charge is 2.45. The fraction of sp³-hybridized carbons (Fsp3) is 0.545. The van der Waals surface area contributed by atoms with Crippen molar-refractivity contribution in [2.45, 2.75) is 122 Å². The first-order valence-corrected chi connectivity index (χ1v) is 29.9.